The van der Waals surface area contributed by atoms with Crippen molar-refractivity contribution in [3.05, 3.63) is 42.0 Å². The van der Waals surface area contributed by atoms with Crippen LogP contribution in [0.3, 0.4) is 0 Å². The van der Waals surface area contributed by atoms with E-state index in [1.807, 2.05) is 0 Å². The van der Waals surface area contributed by atoms with Gasteiger partial charge in [0.15, 0.2) is 0 Å². The van der Waals surface area contributed by atoms with Gasteiger partial charge >= 0.3 is 0 Å². The number of ether oxygens (including phenoxy) is 2. The number of hydrogen-bond acceptors (Lipinski definition) is 6. The molecule has 2 aromatic rings. The van der Waals surface area contributed by atoms with Crippen LogP contribution in [0.25, 0.3) is 11.1 Å². The smallest absolute Gasteiger partial charge is 0.236 e. The van der Waals surface area contributed by atoms with E-state index in [9.17, 15) is 8.78 Å². The molecule has 1 saturated carbocycles. The molecule has 0 atom stereocenters. The van der Waals surface area contributed by atoms with Gasteiger partial charge in [0.2, 0.25) is 5.95 Å². The maximum atomic E-state index is 14.8. The zero-order chi connectivity index (χ0) is 24.7. The van der Waals surface area contributed by atoms with Gasteiger partial charge in [0.1, 0.15) is 5.82 Å². The molecule has 1 saturated heterocycles. The molecule has 2 aliphatic rings. The first-order valence-corrected chi connectivity index (χ1v) is 12.8. The molecule has 35 heavy (non-hydrogen) atoms. The summed E-state index contributed by atoms with van der Waals surface area (Å²) >= 11 is 0. The van der Waals surface area contributed by atoms with Crippen molar-refractivity contribution in [2.24, 2.45) is 11.3 Å². The Bertz CT molecular complexity index is 960. The molecule has 0 bridgehead atoms. The fourth-order valence-corrected chi connectivity index (χ4v) is 5.12. The van der Waals surface area contributed by atoms with Crippen molar-refractivity contribution in [1.29, 1.82) is 0 Å². The molecule has 0 amide bonds. The summed E-state index contributed by atoms with van der Waals surface area (Å²) in [6.07, 6.45) is 9.83. The number of aromatic nitrogens is 2. The average molecular weight is 489 g/mol. The van der Waals surface area contributed by atoms with Crippen LogP contribution >= 0.6 is 0 Å². The maximum Gasteiger partial charge on any atom is 0.236 e. The summed E-state index contributed by atoms with van der Waals surface area (Å²) in [5.74, 6) is -0.462. The van der Waals surface area contributed by atoms with Crippen LogP contribution in [0.4, 0.5) is 14.5 Å². The molecule has 4 rings (SSSR count). The Kier molecular flexibility index (Phi) is 9.03. The SMILES string of the molecule is COCCNC1CCC(Cc2cc(-c3cnc(F)c(NCC4(C)CCOCC4)c3)c(F)cn2)CC1. The van der Waals surface area contributed by atoms with Gasteiger partial charge in [-0.25, -0.2) is 9.37 Å². The zero-order valence-electron chi connectivity index (χ0n) is 20.9. The van der Waals surface area contributed by atoms with Gasteiger partial charge in [-0.15, -0.1) is 0 Å². The van der Waals surface area contributed by atoms with E-state index >= 15 is 0 Å². The normalized spacial score (nSPS) is 22.2. The number of hydrogen-bond donors (Lipinski definition) is 2. The summed E-state index contributed by atoms with van der Waals surface area (Å²) in [7, 11) is 1.72. The van der Waals surface area contributed by atoms with Gasteiger partial charge < -0.3 is 20.1 Å². The van der Waals surface area contributed by atoms with Gasteiger partial charge in [0, 0.05) is 62.5 Å². The van der Waals surface area contributed by atoms with E-state index in [-0.39, 0.29) is 5.41 Å². The summed E-state index contributed by atoms with van der Waals surface area (Å²) in [6.45, 7) is 5.84. The van der Waals surface area contributed by atoms with E-state index in [2.05, 4.69) is 27.5 Å². The summed E-state index contributed by atoms with van der Waals surface area (Å²) in [4.78, 5) is 8.27. The standard InChI is InChI=1S/C27H38F2N4O2/c1-27(7-10-35-11-8-27)18-33-25-14-20(16-32-26(25)29)23-15-22(31-17-24(23)28)13-19-3-5-21(6-4-19)30-9-12-34-2/h14-17,19,21,30,33H,3-13,18H2,1-2H3. The third-order valence-corrected chi connectivity index (χ3v) is 7.55. The van der Waals surface area contributed by atoms with Crippen molar-refractivity contribution in [3.8, 4) is 11.1 Å². The van der Waals surface area contributed by atoms with Crippen LogP contribution in [-0.4, -0.2) is 56.0 Å². The number of rotatable bonds is 10. The second kappa shape index (κ2) is 12.2. The highest BCUT2D eigenvalue weighted by atomic mass is 19.1. The molecule has 6 nitrogen and oxygen atoms in total. The van der Waals surface area contributed by atoms with Crippen molar-refractivity contribution in [2.75, 3.05) is 45.3 Å². The molecule has 1 aliphatic carbocycles. The molecule has 3 heterocycles. The van der Waals surface area contributed by atoms with E-state index in [4.69, 9.17) is 9.47 Å². The average Bonchev–Trinajstić information content (AvgIpc) is 2.86. The first kappa shape index (κ1) is 25.9. The monoisotopic (exact) mass is 488 g/mol. The Morgan fingerprint density at radius 2 is 1.86 bits per heavy atom. The van der Waals surface area contributed by atoms with Crippen molar-refractivity contribution in [2.45, 2.75) is 57.9 Å². The number of anilines is 1. The highest BCUT2D eigenvalue weighted by Gasteiger charge is 2.27. The van der Waals surface area contributed by atoms with Crippen molar-refractivity contribution in [3.63, 3.8) is 0 Å². The largest absolute Gasteiger partial charge is 0.383 e. The molecule has 2 N–H and O–H groups in total. The Labute approximate surface area is 207 Å². The first-order valence-electron chi connectivity index (χ1n) is 12.8. The molecular formula is C27H38F2N4O2. The lowest BCUT2D eigenvalue weighted by molar-refractivity contribution is 0.0300. The van der Waals surface area contributed by atoms with Crippen LogP contribution in [0.5, 0.6) is 0 Å². The van der Waals surface area contributed by atoms with Gasteiger partial charge in [-0.3, -0.25) is 4.98 Å². The molecule has 192 valence electrons. The Balaban J connectivity index is 1.40. The minimum absolute atomic E-state index is 0.0358. The summed E-state index contributed by atoms with van der Waals surface area (Å²) in [6, 6.07) is 4.00. The lowest BCUT2D eigenvalue weighted by atomic mass is 9.82. The lowest BCUT2D eigenvalue weighted by Gasteiger charge is -2.33. The van der Waals surface area contributed by atoms with E-state index in [0.29, 0.717) is 35.3 Å². The van der Waals surface area contributed by atoms with Crippen molar-refractivity contribution < 1.29 is 18.3 Å². The van der Waals surface area contributed by atoms with Crippen LogP contribution in [-0.2, 0) is 15.9 Å². The molecule has 0 spiro atoms. The predicted molar refractivity (Wildman–Crippen MR) is 133 cm³/mol. The quantitative estimate of drug-likeness (QED) is 0.363. The molecule has 1 aliphatic heterocycles. The van der Waals surface area contributed by atoms with E-state index in [1.54, 1.807) is 19.2 Å². The minimum Gasteiger partial charge on any atom is -0.383 e. The summed E-state index contributed by atoms with van der Waals surface area (Å²) in [5, 5.41) is 6.76. The van der Waals surface area contributed by atoms with E-state index in [0.717, 1.165) is 77.0 Å². The minimum atomic E-state index is -0.574. The van der Waals surface area contributed by atoms with Crippen LogP contribution in [0.15, 0.2) is 24.5 Å². The van der Waals surface area contributed by atoms with Crippen LogP contribution in [0.2, 0.25) is 0 Å². The fraction of sp³-hybridized carbons (Fsp3) is 0.630. The predicted octanol–water partition coefficient (Wildman–Crippen LogP) is 4.99. The number of pyridine rings is 2. The summed E-state index contributed by atoms with van der Waals surface area (Å²) in [5.41, 5.74) is 2.17. The van der Waals surface area contributed by atoms with Crippen LogP contribution in [0, 0.1) is 23.1 Å². The molecule has 0 aromatic carbocycles. The molecule has 2 fully saturated rings. The van der Waals surface area contributed by atoms with Crippen LogP contribution < -0.4 is 10.6 Å². The van der Waals surface area contributed by atoms with Crippen molar-refractivity contribution in [1.82, 2.24) is 15.3 Å². The number of methoxy groups -OCH3 is 1. The van der Waals surface area contributed by atoms with Gasteiger partial charge in [0.25, 0.3) is 0 Å². The van der Waals surface area contributed by atoms with E-state index in [1.165, 1.54) is 12.4 Å². The fourth-order valence-electron chi connectivity index (χ4n) is 5.12. The number of halogens is 2. The number of nitrogens with zero attached hydrogens (tertiary/aromatic N) is 2. The molecule has 0 radical (unpaired) electrons. The maximum absolute atomic E-state index is 14.8. The molecular weight excluding hydrogens is 450 g/mol. The Morgan fingerprint density at radius 3 is 2.60 bits per heavy atom. The Hall–Kier alpha value is -2.16. The second-order valence-corrected chi connectivity index (χ2v) is 10.4. The lowest BCUT2D eigenvalue weighted by Crippen LogP contribution is -2.35. The molecule has 2 aromatic heterocycles. The van der Waals surface area contributed by atoms with Gasteiger partial charge in [-0.2, -0.15) is 4.39 Å². The zero-order valence-corrected chi connectivity index (χ0v) is 20.9. The van der Waals surface area contributed by atoms with E-state index < -0.39 is 11.8 Å². The third kappa shape index (κ3) is 7.18. The first-order chi connectivity index (χ1) is 17.0. The van der Waals surface area contributed by atoms with Gasteiger partial charge in [0.05, 0.1) is 18.5 Å². The van der Waals surface area contributed by atoms with Gasteiger partial charge in [-0.05, 0) is 68.4 Å². The molecule has 0 unspecified atom stereocenters. The highest BCUT2D eigenvalue weighted by Crippen LogP contribution is 2.32. The van der Waals surface area contributed by atoms with Gasteiger partial charge in [-0.1, -0.05) is 6.92 Å². The highest BCUT2D eigenvalue weighted by molar-refractivity contribution is 5.67. The topological polar surface area (TPSA) is 68.3 Å². The molecule has 8 heteroatoms. The third-order valence-electron chi connectivity index (χ3n) is 7.55. The number of nitrogens with one attached hydrogen (secondary N) is 2. The van der Waals surface area contributed by atoms with Crippen molar-refractivity contribution >= 4 is 5.69 Å². The summed E-state index contributed by atoms with van der Waals surface area (Å²) < 4.78 is 39.8. The Morgan fingerprint density at radius 1 is 1.09 bits per heavy atom. The van der Waals surface area contributed by atoms with Crippen LogP contribution in [0.1, 0.15) is 51.1 Å². The second-order valence-electron chi connectivity index (χ2n) is 10.4.